The summed E-state index contributed by atoms with van der Waals surface area (Å²) < 4.78 is 0. The number of likely N-dealkylation sites (tertiary alicyclic amines) is 1. The average molecular weight is 364 g/mol. The van der Waals surface area contributed by atoms with Crippen LogP contribution in [0.5, 0.6) is 0 Å². The number of carbonyl (C=O) groups is 1. The molecule has 4 nitrogen and oxygen atoms in total. The van der Waals surface area contributed by atoms with Gasteiger partial charge in [-0.25, -0.2) is 0 Å². The molecule has 0 aromatic carbocycles. The van der Waals surface area contributed by atoms with Crippen LogP contribution in [0.1, 0.15) is 65.7 Å². The smallest absolute Gasteiger partial charge is 0.225 e. The minimum absolute atomic E-state index is 0.138. The fourth-order valence-corrected chi connectivity index (χ4v) is 5.30. The van der Waals surface area contributed by atoms with Gasteiger partial charge in [0.05, 0.1) is 0 Å². The third-order valence-electron chi connectivity index (χ3n) is 7.25. The largest absolute Gasteiger partial charge is 0.340 e. The van der Waals surface area contributed by atoms with E-state index in [-0.39, 0.29) is 5.92 Å². The molecule has 0 atom stereocenters. The van der Waals surface area contributed by atoms with Crippen LogP contribution in [0.2, 0.25) is 0 Å². The highest BCUT2D eigenvalue weighted by molar-refractivity contribution is 5.78. The van der Waals surface area contributed by atoms with Gasteiger partial charge in [-0.05, 0) is 63.5 Å². The minimum Gasteiger partial charge on any atom is -0.340 e. The van der Waals surface area contributed by atoms with Crippen LogP contribution in [0.4, 0.5) is 0 Å². The fraction of sp³-hybridized carbons (Fsp3) is 0.955. The van der Waals surface area contributed by atoms with Crippen molar-refractivity contribution in [3.05, 3.63) is 0 Å². The van der Waals surface area contributed by atoms with Crippen molar-refractivity contribution < 1.29 is 4.79 Å². The van der Waals surface area contributed by atoms with Crippen LogP contribution in [0, 0.1) is 17.8 Å². The number of hydrogen-bond donors (Lipinski definition) is 0. The zero-order valence-electron chi connectivity index (χ0n) is 17.5. The lowest BCUT2D eigenvalue weighted by molar-refractivity contribution is -0.136. The van der Waals surface area contributed by atoms with Crippen molar-refractivity contribution in [1.82, 2.24) is 14.7 Å². The molecule has 0 radical (unpaired) electrons. The van der Waals surface area contributed by atoms with Gasteiger partial charge in [-0.1, -0.05) is 27.2 Å². The molecule has 0 bridgehead atoms. The van der Waals surface area contributed by atoms with Gasteiger partial charge in [0.2, 0.25) is 5.91 Å². The lowest BCUT2D eigenvalue weighted by atomic mass is 9.83. The van der Waals surface area contributed by atoms with Crippen molar-refractivity contribution in [2.75, 3.05) is 45.8 Å². The Bertz CT molecular complexity index is 429. The van der Waals surface area contributed by atoms with Crippen LogP contribution >= 0.6 is 0 Å². The van der Waals surface area contributed by atoms with E-state index in [9.17, 15) is 4.79 Å². The lowest BCUT2D eigenvalue weighted by Crippen LogP contribution is -2.51. The first-order valence-corrected chi connectivity index (χ1v) is 11.3. The van der Waals surface area contributed by atoms with E-state index < -0.39 is 0 Å². The molecule has 1 amide bonds. The summed E-state index contributed by atoms with van der Waals surface area (Å²) in [5, 5.41) is 0. The van der Waals surface area contributed by atoms with Gasteiger partial charge < -0.3 is 9.80 Å². The second-order valence-corrected chi connectivity index (χ2v) is 9.34. The molecule has 150 valence electrons. The quantitative estimate of drug-likeness (QED) is 0.748. The predicted molar refractivity (Wildman–Crippen MR) is 108 cm³/mol. The molecule has 0 unspecified atom stereocenters. The number of rotatable bonds is 5. The molecule has 0 spiro atoms. The first-order chi connectivity index (χ1) is 12.6. The maximum atomic E-state index is 12.1. The second-order valence-electron chi connectivity index (χ2n) is 9.34. The monoisotopic (exact) mass is 363 g/mol. The molecule has 3 rings (SSSR count). The maximum absolute atomic E-state index is 12.1. The molecule has 2 aliphatic heterocycles. The highest BCUT2D eigenvalue weighted by atomic mass is 16.2. The summed E-state index contributed by atoms with van der Waals surface area (Å²) in [6.45, 7) is 14.3. The van der Waals surface area contributed by atoms with E-state index in [4.69, 9.17) is 0 Å². The topological polar surface area (TPSA) is 26.8 Å². The Kier molecular flexibility index (Phi) is 7.39. The molecule has 1 aliphatic carbocycles. The van der Waals surface area contributed by atoms with Gasteiger partial charge in [-0.15, -0.1) is 0 Å². The Balaban J connectivity index is 1.34. The molecule has 2 heterocycles. The summed E-state index contributed by atoms with van der Waals surface area (Å²) in [4.78, 5) is 19.6. The molecule has 3 aliphatic rings. The third-order valence-corrected chi connectivity index (χ3v) is 7.25. The SMILES string of the molecule is CCC1CCN(C2CCC(CN3CCN(C(=O)C(C)C)CC3)CC2)CC1. The van der Waals surface area contributed by atoms with Crippen molar-refractivity contribution in [1.29, 1.82) is 0 Å². The standard InChI is InChI=1S/C22H41N3O/c1-4-19-9-11-24(12-10-19)21-7-5-20(6-8-21)17-23-13-15-25(16-14-23)22(26)18(2)3/h18-21H,4-17H2,1-3H3. The van der Waals surface area contributed by atoms with E-state index in [1.54, 1.807) is 0 Å². The lowest BCUT2D eigenvalue weighted by Gasteiger charge is -2.42. The summed E-state index contributed by atoms with van der Waals surface area (Å²) in [7, 11) is 0. The molecule has 4 heteroatoms. The summed E-state index contributed by atoms with van der Waals surface area (Å²) in [5.74, 6) is 2.34. The van der Waals surface area contributed by atoms with Crippen molar-refractivity contribution in [3.8, 4) is 0 Å². The van der Waals surface area contributed by atoms with Gasteiger partial charge in [-0.2, -0.15) is 0 Å². The van der Waals surface area contributed by atoms with Gasteiger partial charge >= 0.3 is 0 Å². The van der Waals surface area contributed by atoms with Crippen molar-refractivity contribution in [3.63, 3.8) is 0 Å². The molecule has 1 saturated carbocycles. The second kappa shape index (κ2) is 9.54. The number of piperidine rings is 1. The molecular weight excluding hydrogens is 322 g/mol. The van der Waals surface area contributed by atoms with Crippen LogP contribution in [0.15, 0.2) is 0 Å². The summed E-state index contributed by atoms with van der Waals surface area (Å²) in [6.07, 6.45) is 9.86. The average Bonchev–Trinajstić information content (AvgIpc) is 2.68. The molecule has 0 N–H and O–H groups in total. The van der Waals surface area contributed by atoms with Crippen LogP contribution < -0.4 is 0 Å². The Labute approximate surface area is 161 Å². The molecular formula is C22H41N3O. The van der Waals surface area contributed by atoms with Crippen LogP contribution in [-0.2, 0) is 4.79 Å². The van der Waals surface area contributed by atoms with E-state index in [1.807, 2.05) is 13.8 Å². The highest BCUT2D eigenvalue weighted by Gasteiger charge is 2.30. The van der Waals surface area contributed by atoms with E-state index >= 15 is 0 Å². The van der Waals surface area contributed by atoms with Gasteiger partial charge in [0.1, 0.15) is 0 Å². The number of carbonyl (C=O) groups excluding carboxylic acids is 1. The Morgan fingerprint density at radius 1 is 0.846 bits per heavy atom. The van der Waals surface area contributed by atoms with Crippen LogP contribution in [0.25, 0.3) is 0 Å². The first-order valence-electron chi connectivity index (χ1n) is 11.3. The Morgan fingerprint density at radius 3 is 2.00 bits per heavy atom. The summed E-state index contributed by atoms with van der Waals surface area (Å²) in [5.41, 5.74) is 0. The maximum Gasteiger partial charge on any atom is 0.225 e. The fourth-order valence-electron chi connectivity index (χ4n) is 5.30. The molecule has 3 fully saturated rings. The predicted octanol–water partition coefficient (Wildman–Crippen LogP) is 3.47. The van der Waals surface area contributed by atoms with Gasteiger partial charge in [-0.3, -0.25) is 9.69 Å². The van der Waals surface area contributed by atoms with Crippen LogP contribution in [-0.4, -0.2) is 72.5 Å². The number of piperazine rings is 1. The van der Waals surface area contributed by atoms with Crippen molar-refractivity contribution in [2.45, 2.75) is 71.8 Å². The number of hydrogen-bond acceptors (Lipinski definition) is 3. The van der Waals surface area contributed by atoms with Crippen molar-refractivity contribution in [2.24, 2.45) is 17.8 Å². The minimum atomic E-state index is 0.138. The van der Waals surface area contributed by atoms with E-state index in [2.05, 4.69) is 21.6 Å². The summed E-state index contributed by atoms with van der Waals surface area (Å²) >= 11 is 0. The molecule has 2 saturated heterocycles. The zero-order valence-corrected chi connectivity index (χ0v) is 17.5. The normalized spacial score (nSPS) is 30.1. The van der Waals surface area contributed by atoms with Gasteiger partial charge in [0, 0.05) is 44.7 Å². The number of amides is 1. The summed E-state index contributed by atoms with van der Waals surface area (Å²) in [6, 6.07) is 0.865. The van der Waals surface area contributed by atoms with E-state index in [1.165, 1.54) is 64.6 Å². The Hall–Kier alpha value is -0.610. The van der Waals surface area contributed by atoms with Gasteiger partial charge in [0.15, 0.2) is 0 Å². The molecule has 26 heavy (non-hydrogen) atoms. The highest BCUT2D eigenvalue weighted by Crippen LogP contribution is 2.31. The third kappa shape index (κ3) is 5.22. The van der Waals surface area contributed by atoms with E-state index in [0.29, 0.717) is 5.91 Å². The van der Waals surface area contributed by atoms with Gasteiger partial charge in [0.25, 0.3) is 0 Å². The zero-order chi connectivity index (χ0) is 18.5. The molecule has 0 aromatic heterocycles. The first kappa shape index (κ1) is 20.1. The Morgan fingerprint density at radius 2 is 1.46 bits per heavy atom. The van der Waals surface area contributed by atoms with E-state index in [0.717, 1.165) is 44.1 Å². The number of nitrogens with zero attached hydrogens (tertiary/aromatic N) is 3. The molecule has 0 aromatic rings. The van der Waals surface area contributed by atoms with Crippen molar-refractivity contribution >= 4 is 5.91 Å². The van der Waals surface area contributed by atoms with Crippen LogP contribution in [0.3, 0.4) is 0 Å².